The zero-order chi connectivity index (χ0) is 14.5. The van der Waals surface area contributed by atoms with Crippen molar-refractivity contribution < 1.29 is 4.74 Å². The van der Waals surface area contributed by atoms with E-state index in [9.17, 15) is 0 Å². The van der Waals surface area contributed by atoms with Crippen LogP contribution < -0.4 is 10.5 Å². The number of pyridine rings is 1. The third-order valence-electron chi connectivity index (χ3n) is 3.27. The van der Waals surface area contributed by atoms with E-state index in [0.29, 0.717) is 13.2 Å². The van der Waals surface area contributed by atoms with Crippen LogP contribution in [0.25, 0.3) is 0 Å². The van der Waals surface area contributed by atoms with Crippen molar-refractivity contribution in [3.63, 3.8) is 0 Å². The van der Waals surface area contributed by atoms with Crippen LogP contribution in [0.15, 0.2) is 30.6 Å². The summed E-state index contributed by atoms with van der Waals surface area (Å²) in [5.41, 5.74) is 11.4. The van der Waals surface area contributed by atoms with Crippen LogP contribution in [0, 0.1) is 20.8 Å². The molecular formula is C17H22N2O. The first-order valence-corrected chi connectivity index (χ1v) is 6.93. The molecule has 1 aromatic carbocycles. The maximum atomic E-state index is 5.97. The standard InChI is InChI=1S/C17H22N2O/c1-12-6-16(10-19-9-12)11-20-17-13(2)7-15(4-5-18)8-14(17)3/h6-10H,4-5,11,18H2,1-3H3. The van der Waals surface area contributed by atoms with Gasteiger partial charge in [0, 0.05) is 18.0 Å². The molecule has 0 saturated carbocycles. The van der Waals surface area contributed by atoms with Crippen LogP contribution in [-0.4, -0.2) is 11.5 Å². The van der Waals surface area contributed by atoms with Crippen LogP contribution >= 0.6 is 0 Å². The first kappa shape index (κ1) is 14.5. The van der Waals surface area contributed by atoms with Gasteiger partial charge in [-0.05, 0) is 62.1 Å². The number of hydrogen-bond donors (Lipinski definition) is 1. The molecule has 0 bridgehead atoms. The van der Waals surface area contributed by atoms with E-state index in [0.717, 1.165) is 34.4 Å². The van der Waals surface area contributed by atoms with Gasteiger partial charge in [0.15, 0.2) is 0 Å². The Morgan fingerprint density at radius 3 is 2.30 bits per heavy atom. The molecule has 0 atom stereocenters. The molecule has 2 aromatic rings. The molecular weight excluding hydrogens is 248 g/mol. The molecule has 20 heavy (non-hydrogen) atoms. The van der Waals surface area contributed by atoms with E-state index < -0.39 is 0 Å². The molecule has 1 heterocycles. The average Bonchev–Trinajstić information content (AvgIpc) is 2.38. The highest BCUT2D eigenvalue weighted by Gasteiger charge is 2.07. The van der Waals surface area contributed by atoms with Crippen molar-refractivity contribution in [2.75, 3.05) is 6.54 Å². The number of ether oxygens (including phenoxy) is 1. The van der Waals surface area contributed by atoms with Gasteiger partial charge in [0.25, 0.3) is 0 Å². The normalized spacial score (nSPS) is 10.6. The number of nitrogens with zero attached hydrogens (tertiary/aromatic N) is 1. The van der Waals surface area contributed by atoms with E-state index in [1.54, 1.807) is 0 Å². The number of aryl methyl sites for hydroxylation is 3. The van der Waals surface area contributed by atoms with E-state index >= 15 is 0 Å². The van der Waals surface area contributed by atoms with E-state index in [1.165, 1.54) is 5.56 Å². The molecule has 3 nitrogen and oxygen atoms in total. The SMILES string of the molecule is Cc1cncc(COc2c(C)cc(CCN)cc2C)c1. The zero-order valence-electron chi connectivity index (χ0n) is 12.4. The third-order valence-corrected chi connectivity index (χ3v) is 3.27. The predicted octanol–water partition coefficient (Wildman–Crippen LogP) is 3.09. The molecule has 0 spiro atoms. The highest BCUT2D eigenvalue weighted by molar-refractivity contribution is 5.43. The molecule has 3 heteroatoms. The Morgan fingerprint density at radius 1 is 1.00 bits per heavy atom. The van der Waals surface area contributed by atoms with Gasteiger partial charge in [-0.3, -0.25) is 4.98 Å². The molecule has 0 unspecified atom stereocenters. The van der Waals surface area contributed by atoms with Crippen LogP contribution in [0.3, 0.4) is 0 Å². The summed E-state index contributed by atoms with van der Waals surface area (Å²) in [4.78, 5) is 4.19. The minimum Gasteiger partial charge on any atom is -0.488 e. The van der Waals surface area contributed by atoms with E-state index in [4.69, 9.17) is 10.5 Å². The van der Waals surface area contributed by atoms with Gasteiger partial charge in [-0.2, -0.15) is 0 Å². The molecule has 0 aliphatic heterocycles. The van der Waals surface area contributed by atoms with Gasteiger partial charge in [0.1, 0.15) is 12.4 Å². The third kappa shape index (κ3) is 3.58. The Kier molecular flexibility index (Phi) is 4.74. The van der Waals surface area contributed by atoms with Gasteiger partial charge in [-0.15, -0.1) is 0 Å². The summed E-state index contributed by atoms with van der Waals surface area (Å²) < 4.78 is 5.97. The monoisotopic (exact) mass is 270 g/mol. The van der Waals surface area contributed by atoms with Crippen LogP contribution in [0.5, 0.6) is 5.75 Å². The highest BCUT2D eigenvalue weighted by atomic mass is 16.5. The Hall–Kier alpha value is -1.87. The Balaban J connectivity index is 2.13. The van der Waals surface area contributed by atoms with Gasteiger partial charge in [0.05, 0.1) is 0 Å². The van der Waals surface area contributed by atoms with Crippen LogP contribution in [0.4, 0.5) is 0 Å². The molecule has 0 aliphatic carbocycles. The average molecular weight is 270 g/mol. The molecule has 106 valence electrons. The van der Waals surface area contributed by atoms with Gasteiger partial charge in [-0.1, -0.05) is 12.1 Å². The van der Waals surface area contributed by atoms with E-state index in [2.05, 4.69) is 37.0 Å². The quantitative estimate of drug-likeness (QED) is 0.908. The summed E-state index contributed by atoms with van der Waals surface area (Å²) in [5, 5.41) is 0. The summed E-state index contributed by atoms with van der Waals surface area (Å²) in [7, 11) is 0. The van der Waals surface area contributed by atoms with E-state index in [-0.39, 0.29) is 0 Å². The van der Waals surface area contributed by atoms with E-state index in [1.807, 2.05) is 19.3 Å². The van der Waals surface area contributed by atoms with Crippen molar-refractivity contribution in [2.45, 2.75) is 33.8 Å². The lowest BCUT2D eigenvalue weighted by molar-refractivity contribution is 0.301. The van der Waals surface area contributed by atoms with Gasteiger partial charge < -0.3 is 10.5 Å². The lowest BCUT2D eigenvalue weighted by Gasteiger charge is -2.14. The Morgan fingerprint density at radius 2 is 1.70 bits per heavy atom. The molecule has 0 amide bonds. The van der Waals surface area contributed by atoms with Crippen LogP contribution in [0.1, 0.15) is 27.8 Å². The molecule has 0 aliphatic rings. The lowest BCUT2D eigenvalue weighted by Crippen LogP contribution is -2.05. The van der Waals surface area contributed by atoms with Crippen LogP contribution in [-0.2, 0) is 13.0 Å². The second-order valence-corrected chi connectivity index (χ2v) is 5.26. The number of rotatable bonds is 5. The highest BCUT2D eigenvalue weighted by Crippen LogP contribution is 2.26. The minimum absolute atomic E-state index is 0.548. The molecule has 1 aromatic heterocycles. The number of benzene rings is 1. The van der Waals surface area contributed by atoms with Crippen molar-refractivity contribution in [1.82, 2.24) is 4.98 Å². The fourth-order valence-electron chi connectivity index (χ4n) is 2.43. The number of hydrogen-bond acceptors (Lipinski definition) is 3. The molecule has 2 N–H and O–H groups in total. The maximum Gasteiger partial charge on any atom is 0.125 e. The zero-order valence-corrected chi connectivity index (χ0v) is 12.4. The summed E-state index contributed by atoms with van der Waals surface area (Å²) in [6, 6.07) is 6.41. The van der Waals surface area contributed by atoms with Crippen molar-refractivity contribution in [1.29, 1.82) is 0 Å². The fraction of sp³-hybridized carbons (Fsp3) is 0.353. The van der Waals surface area contributed by atoms with Crippen molar-refractivity contribution in [3.8, 4) is 5.75 Å². The molecule has 0 fully saturated rings. The molecule has 0 saturated heterocycles. The largest absolute Gasteiger partial charge is 0.488 e. The van der Waals surface area contributed by atoms with Gasteiger partial charge in [0.2, 0.25) is 0 Å². The summed E-state index contributed by atoms with van der Waals surface area (Å²) in [6.45, 7) is 7.42. The molecule has 0 radical (unpaired) electrons. The van der Waals surface area contributed by atoms with Gasteiger partial charge >= 0.3 is 0 Å². The van der Waals surface area contributed by atoms with Crippen molar-refractivity contribution >= 4 is 0 Å². The molecule has 2 rings (SSSR count). The number of aromatic nitrogens is 1. The Bertz CT molecular complexity index is 570. The van der Waals surface area contributed by atoms with Crippen LogP contribution in [0.2, 0.25) is 0 Å². The van der Waals surface area contributed by atoms with Crippen molar-refractivity contribution in [2.24, 2.45) is 5.73 Å². The van der Waals surface area contributed by atoms with Crippen molar-refractivity contribution in [3.05, 3.63) is 58.4 Å². The number of nitrogens with two attached hydrogens (primary N) is 1. The second kappa shape index (κ2) is 6.53. The Labute approximate surface area is 120 Å². The summed E-state index contributed by atoms with van der Waals surface area (Å²) >= 11 is 0. The summed E-state index contributed by atoms with van der Waals surface area (Å²) in [6.07, 6.45) is 4.60. The van der Waals surface area contributed by atoms with Gasteiger partial charge in [-0.25, -0.2) is 0 Å². The first-order chi connectivity index (χ1) is 9.60. The summed E-state index contributed by atoms with van der Waals surface area (Å²) in [5.74, 6) is 0.965. The first-order valence-electron chi connectivity index (χ1n) is 6.93. The fourth-order valence-corrected chi connectivity index (χ4v) is 2.43. The predicted molar refractivity (Wildman–Crippen MR) is 82.0 cm³/mol. The second-order valence-electron chi connectivity index (χ2n) is 5.26. The smallest absolute Gasteiger partial charge is 0.125 e. The topological polar surface area (TPSA) is 48.1 Å². The minimum atomic E-state index is 0.548. The maximum absolute atomic E-state index is 5.97. The lowest BCUT2D eigenvalue weighted by atomic mass is 10.0.